The van der Waals surface area contributed by atoms with E-state index in [9.17, 15) is 9.59 Å². The van der Waals surface area contributed by atoms with Gasteiger partial charge in [-0.1, -0.05) is 41.4 Å². The van der Waals surface area contributed by atoms with Gasteiger partial charge in [-0.2, -0.15) is 0 Å². The Morgan fingerprint density at radius 1 is 1.23 bits per heavy atom. The van der Waals surface area contributed by atoms with E-state index in [4.69, 9.17) is 40.2 Å². The van der Waals surface area contributed by atoms with Gasteiger partial charge in [0.1, 0.15) is 12.2 Å². The van der Waals surface area contributed by atoms with Gasteiger partial charge in [0.25, 0.3) is 5.91 Å². The predicted molar refractivity (Wildman–Crippen MR) is 121 cm³/mol. The van der Waals surface area contributed by atoms with Crippen LogP contribution in [0.1, 0.15) is 23.0 Å². The van der Waals surface area contributed by atoms with Crippen molar-refractivity contribution < 1.29 is 14.3 Å². The molecule has 1 amide bonds. The number of benzene rings is 2. The van der Waals surface area contributed by atoms with Crippen LogP contribution in [0.2, 0.25) is 10.0 Å². The summed E-state index contributed by atoms with van der Waals surface area (Å²) < 4.78 is 5.20. The van der Waals surface area contributed by atoms with Gasteiger partial charge in [-0.25, -0.2) is 4.79 Å². The summed E-state index contributed by atoms with van der Waals surface area (Å²) in [5.41, 5.74) is 2.19. The third-order valence-corrected chi connectivity index (χ3v) is 5.76. The fraction of sp³-hybridized carbons (Fsp3) is 0.190. The summed E-state index contributed by atoms with van der Waals surface area (Å²) in [6.45, 7) is 2.26. The first-order valence-electron chi connectivity index (χ1n) is 9.24. The second kappa shape index (κ2) is 8.26. The maximum absolute atomic E-state index is 12.7. The van der Waals surface area contributed by atoms with Crippen LogP contribution in [0.25, 0.3) is 10.9 Å². The van der Waals surface area contributed by atoms with Crippen molar-refractivity contribution in [2.24, 2.45) is 0 Å². The second-order valence-corrected chi connectivity index (χ2v) is 7.92. The fourth-order valence-corrected chi connectivity index (χ4v) is 4.49. The number of thiocarbonyl (C=S) groups is 1. The van der Waals surface area contributed by atoms with Crippen molar-refractivity contribution in [2.75, 3.05) is 18.1 Å². The quantitative estimate of drug-likeness (QED) is 0.437. The van der Waals surface area contributed by atoms with Crippen molar-refractivity contribution in [1.29, 1.82) is 0 Å². The molecule has 6 nitrogen and oxygen atoms in total. The van der Waals surface area contributed by atoms with Crippen molar-refractivity contribution in [3.05, 3.63) is 63.8 Å². The van der Waals surface area contributed by atoms with Crippen molar-refractivity contribution >= 4 is 69.0 Å². The molecule has 1 saturated heterocycles. The number of rotatable bonds is 5. The molecular formula is C21H17Cl2N3O3S. The number of halogens is 2. The molecule has 0 aliphatic carbocycles. The number of ether oxygens (including phenoxy) is 1. The molecule has 0 unspecified atom stereocenters. The molecule has 0 bridgehead atoms. The van der Waals surface area contributed by atoms with E-state index >= 15 is 0 Å². The number of carbonyl (C=O) groups excluding carboxylic acids is 2. The minimum absolute atomic E-state index is 0.0911. The number of amides is 1. The summed E-state index contributed by atoms with van der Waals surface area (Å²) >= 11 is 18.2. The number of para-hydroxylation sites is 1. The Labute approximate surface area is 188 Å². The van der Waals surface area contributed by atoms with Crippen LogP contribution in [0.4, 0.5) is 5.69 Å². The average molecular weight is 462 g/mol. The van der Waals surface area contributed by atoms with Crippen molar-refractivity contribution in [2.45, 2.75) is 13.5 Å². The van der Waals surface area contributed by atoms with Gasteiger partial charge < -0.3 is 14.6 Å². The summed E-state index contributed by atoms with van der Waals surface area (Å²) in [5.74, 6) is -0.648. The largest absolute Gasteiger partial charge is 0.461 e. The predicted octanol–water partition coefficient (Wildman–Crippen LogP) is 4.79. The Kier molecular flexibility index (Phi) is 5.69. The van der Waals surface area contributed by atoms with Crippen LogP contribution in [-0.2, 0) is 16.1 Å². The number of nitrogens with one attached hydrogen (secondary N) is 1. The van der Waals surface area contributed by atoms with Crippen LogP contribution in [0, 0.1) is 0 Å². The van der Waals surface area contributed by atoms with Crippen molar-refractivity contribution in [1.82, 2.24) is 9.88 Å². The summed E-state index contributed by atoms with van der Waals surface area (Å²) in [6.07, 6.45) is 0. The first-order chi connectivity index (χ1) is 14.4. The lowest BCUT2D eigenvalue weighted by molar-refractivity contribution is -0.116. The van der Waals surface area contributed by atoms with Gasteiger partial charge >= 0.3 is 5.97 Å². The highest BCUT2D eigenvalue weighted by Gasteiger charge is 2.35. The molecule has 9 heteroatoms. The van der Waals surface area contributed by atoms with E-state index in [0.29, 0.717) is 37.3 Å². The number of hydrogen-bond donors (Lipinski definition) is 1. The van der Waals surface area contributed by atoms with Gasteiger partial charge in [0.15, 0.2) is 5.11 Å². The van der Waals surface area contributed by atoms with Crippen LogP contribution in [0.15, 0.2) is 42.5 Å². The minimum atomic E-state index is -0.507. The zero-order valence-electron chi connectivity index (χ0n) is 15.9. The molecule has 30 heavy (non-hydrogen) atoms. The van der Waals surface area contributed by atoms with Crippen molar-refractivity contribution in [3.8, 4) is 0 Å². The van der Waals surface area contributed by atoms with E-state index in [1.54, 1.807) is 24.0 Å². The van der Waals surface area contributed by atoms with Gasteiger partial charge in [-0.3, -0.25) is 9.69 Å². The molecule has 1 aromatic heterocycles. The summed E-state index contributed by atoms with van der Waals surface area (Å²) in [6, 6.07) is 12.5. The Bertz CT molecular complexity index is 1160. The molecule has 4 rings (SSSR count). The standard InChI is InChI=1S/C21H17Cl2N3O3S/c1-2-29-20(28)19-14(18-15(23)8-12(22)9-16(18)24-19)10-25-11-17(27)26(21(25)30)13-6-4-3-5-7-13/h3-9,24H,2,10-11H2,1H3. The van der Waals surface area contributed by atoms with Gasteiger partial charge in [-0.15, -0.1) is 0 Å². The Morgan fingerprint density at radius 3 is 2.67 bits per heavy atom. The van der Waals surface area contributed by atoms with E-state index in [-0.39, 0.29) is 31.3 Å². The number of fused-ring (bicyclic) bond motifs is 1. The average Bonchev–Trinajstić information content (AvgIpc) is 3.20. The Morgan fingerprint density at radius 2 is 1.97 bits per heavy atom. The summed E-state index contributed by atoms with van der Waals surface area (Å²) in [5, 5.41) is 1.85. The third kappa shape index (κ3) is 3.64. The number of esters is 1. The SMILES string of the molecule is CCOC(=O)c1[nH]c2cc(Cl)cc(Cl)c2c1CN1CC(=O)N(c2ccccc2)C1=S. The van der Waals surface area contributed by atoms with Gasteiger partial charge in [0.2, 0.25) is 0 Å². The van der Waals surface area contributed by atoms with E-state index in [1.165, 1.54) is 4.90 Å². The van der Waals surface area contributed by atoms with E-state index in [0.717, 1.165) is 0 Å². The molecule has 2 aromatic carbocycles. The van der Waals surface area contributed by atoms with Gasteiger partial charge in [-0.05, 0) is 43.4 Å². The highest BCUT2D eigenvalue weighted by atomic mass is 35.5. The normalized spacial score (nSPS) is 14.1. The number of H-pyrrole nitrogens is 1. The van der Waals surface area contributed by atoms with Crippen LogP contribution >= 0.6 is 35.4 Å². The monoisotopic (exact) mass is 461 g/mol. The number of anilines is 1. The molecule has 0 radical (unpaired) electrons. The number of aromatic nitrogens is 1. The number of nitrogens with zero attached hydrogens (tertiary/aromatic N) is 2. The lowest BCUT2D eigenvalue weighted by Gasteiger charge is -2.20. The topological polar surface area (TPSA) is 65.6 Å². The number of carbonyl (C=O) groups is 2. The highest BCUT2D eigenvalue weighted by Crippen LogP contribution is 2.34. The zero-order chi connectivity index (χ0) is 21.4. The summed E-state index contributed by atoms with van der Waals surface area (Å²) in [4.78, 5) is 31.5. The molecule has 154 valence electrons. The Hall–Kier alpha value is -2.61. The van der Waals surface area contributed by atoms with Crippen LogP contribution in [-0.4, -0.2) is 40.0 Å². The molecule has 1 N–H and O–H groups in total. The summed E-state index contributed by atoms with van der Waals surface area (Å²) in [7, 11) is 0. The maximum atomic E-state index is 12.7. The third-order valence-electron chi connectivity index (χ3n) is 4.80. The van der Waals surface area contributed by atoms with E-state index in [1.807, 2.05) is 30.3 Å². The maximum Gasteiger partial charge on any atom is 0.355 e. The highest BCUT2D eigenvalue weighted by molar-refractivity contribution is 7.80. The molecule has 1 aliphatic rings. The Balaban J connectivity index is 1.74. The molecular weight excluding hydrogens is 445 g/mol. The van der Waals surface area contributed by atoms with Gasteiger partial charge in [0.05, 0.1) is 17.3 Å². The second-order valence-electron chi connectivity index (χ2n) is 6.71. The molecule has 3 aromatic rings. The van der Waals surface area contributed by atoms with E-state index < -0.39 is 5.97 Å². The first-order valence-corrected chi connectivity index (χ1v) is 10.4. The first kappa shape index (κ1) is 20.7. The molecule has 0 saturated carbocycles. The van der Waals surface area contributed by atoms with Crippen LogP contribution in [0.3, 0.4) is 0 Å². The fourth-order valence-electron chi connectivity index (χ4n) is 3.55. The lowest BCUT2D eigenvalue weighted by Crippen LogP contribution is -2.32. The van der Waals surface area contributed by atoms with Crippen LogP contribution < -0.4 is 4.90 Å². The lowest BCUT2D eigenvalue weighted by atomic mass is 10.1. The van der Waals surface area contributed by atoms with E-state index in [2.05, 4.69) is 4.98 Å². The van der Waals surface area contributed by atoms with Gasteiger partial charge in [0, 0.05) is 28.0 Å². The minimum Gasteiger partial charge on any atom is -0.461 e. The molecule has 0 atom stereocenters. The molecule has 1 fully saturated rings. The van der Waals surface area contributed by atoms with Crippen molar-refractivity contribution in [3.63, 3.8) is 0 Å². The molecule has 1 aliphatic heterocycles. The van der Waals surface area contributed by atoms with Crippen LogP contribution in [0.5, 0.6) is 0 Å². The zero-order valence-corrected chi connectivity index (χ0v) is 18.3. The molecule has 2 heterocycles. The number of aromatic amines is 1. The number of hydrogen-bond acceptors (Lipinski definition) is 4. The smallest absolute Gasteiger partial charge is 0.355 e. The molecule has 0 spiro atoms.